The van der Waals surface area contributed by atoms with E-state index in [0.29, 0.717) is 18.1 Å². The van der Waals surface area contributed by atoms with Crippen molar-refractivity contribution in [1.82, 2.24) is 14.9 Å². The van der Waals surface area contributed by atoms with E-state index in [1.165, 1.54) is 0 Å². The third-order valence-corrected chi connectivity index (χ3v) is 4.72. The largest absolute Gasteiger partial charge is 0.357 e. The van der Waals surface area contributed by atoms with Gasteiger partial charge in [0.1, 0.15) is 0 Å². The highest BCUT2D eigenvalue weighted by atomic mass is 127. The van der Waals surface area contributed by atoms with Crippen LogP contribution in [0.4, 0.5) is 0 Å². The molecule has 0 heterocycles. The SMILES string of the molecule is CCNC(=NCCNS(=O)(=O)CC)N(C)Cc1cccc(Cl)c1.I. The van der Waals surface area contributed by atoms with Crippen molar-refractivity contribution >= 4 is 51.6 Å². The Balaban J connectivity index is 0.00000529. The number of aliphatic imine (C=N–C) groups is 1. The minimum Gasteiger partial charge on any atom is -0.357 e. The summed E-state index contributed by atoms with van der Waals surface area (Å²) in [4.78, 5) is 6.42. The highest BCUT2D eigenvalue weighted by Gasteiger charge is 2.08. The summed E-state index contributed by atoms with van der Waals surface area (Å²) in [6.07, 6.45) is 0. The molecule has 0 fully saturated rings. The average Bonchev–Trinajstić information content (AvgIpc) is 2.50. The Kier molecular flexibility index (Phi) is 11.6. The Hall–Kier alpha value is -0.580. The molecule has 0 amide bonds. The second-order valence-electron chi connectivity index (χ2n) is 5.02. The van der Waals surface area contributed by atoms with Gasteiger partial charge in [-0.2, -0.15) is 0 Å². The first kappa shape index (κ1) is 23.4. The summed E-state index contributed by atoms with van der Waals surface area (Å²) in [6.45, 7) is 5.65. The van der Waals surface area contributed by atoms with E-state index >= 15 is 0 Å². The molecule has 1 rings (SSSR count). The summed E-state index contributed by atoms with van der Waals surface area (Å²) in [7, 11) is -1.24. The van der Waals surface area contributed by atoms with Crippen molar-refractivity contribution < 1.29 is 8.42 Å². The second kappa shape index (κ2) is 11.9. The Labute approximate surface area is 167 Å². The van der Waals surface area contributed by atoms with Crippen LogP contribution >= 0.6 is 35.6 Å². The fourth-order valence-corrected chi connectivity index (χ4v) is 2.74. The van der Waals surface area contributed by atoms with E-state index in [1.807, 2.05) is 43.1 Å². The van der Waals surface area contributed by atoms with E-state index in [1.54, 1.807) is 6.92 Å². The molecule has 138 valence electrons. The molecule has 0 atom stereocenters. The number of nitrogens with zero attached hydrogens (tertiary/aromatic N) is 2. The Morgan fingerprint density at radius 1 is 1.33 bits per heavy atom. The van der Waals surface area contributed by atoms with Gasteiger partial charge in [0.25, 0.3) is 0 Å². The zero-order valence-electron chi connectivity index (χ0n) is 14.3. The number of rotatable bonds is 8. The maximum atomic E-state index is 11.4. The van der Waals surface area contributed by atoms with Crippen LogP contribution in [0.25, 0.3) is 0 Å². The third kappa shape index (κ3) is 9.05. The van der Waals surface area contributed by atoms with Crippen LogP contribution in [0.3, 0.4) is 0 Å². The quantitative estimate of drug-likeness (QED) is 0.255. The fraction of sp³-hybridized carbons (Fsp3) is 0.533. The van der Waals surface area contributed by atoms with E-state index in [9.17, 15) is 8.42 Å². The maximum absolute atomic E-state index is 11.4. The van der Waals surface area contributed by atoms with Crippen LogP contribution in [0.1, 0.15) is 19.4 Å². The lowest BCUT2D eigenvalue weighted by Crippen LogP contribution is -2.39. The number of benzene rings is 1. The standard InChI is InChI=1S/C15H25ClN4O2S.HI/c1-4-17-15(18-9-10-19-23(21,22)5-2)20(3)12-13-7-6-8-14(16)11-13;/h6-8,11,19H,4-5,9-10,12H2,1-3H3,(H,17,18);1H. The van der Waals surface area contributed by atoms with Crippen LogP contribution in [0.15, 0.2) is 29.3 Å². The lowest BCUT2D eigenvalue weighted by atomic mass is 10.2. The molecule has 9 heteroatoms. The van der Waals surface area contributed by atoms with Crippen molar-refractivity contribution in [3.63, 3.8) is 0 Å². The molecule has 0 bridgehead atoms. The van der Waals surface area contributed by atoms with Crippen LogP contribution in [-0.2, 0) is 16.6 Å². The molecular formula is C15H26ClIN4O2S. The van der Waals surface area contributed by atoms with E-state index in [-0.39, 0.29) is 36.3 Å². The summed E-state index contributed by atoms with van der Waals surface area (Å²) in [5.74, 6) is 0.800. The molecule has 0 aliphatic rings. The van der Waals surface area contributed by atoms with Crippen molar-refractivity contribution in [1.29, 1.82) is 0 Å². The normalized spacial score (nSPS) is 11.8. The molecule has 0 aliphatic carbocycles. The molecule has 1 aromatic rings. The summed E-state index contributed by atoms with van der Waals surface area (Å²) in [5.41, 5.74) is 1.08. The first-order valence-corrected chi connectivity index (χ1v) is 9.62. The van der Waals surface area contributed by atoms with Gasteiger partial charge in [-0.25, -0.2) is 13.1 Å². The van der Waals surface area contributed by atoms with Crippen LogP contribution in [0, 0.1) is 0 Å². The molecule has 0 radical (unpaired) electrons. The second-order valence-corrected chi connectivity index (χ2v) is 7.55. The van der Waals surface area contributed by atoms with E-state index < -0.39 is 10.0 Å². The van der Waals surface area contributed by atoms with Crippen LogP contribution in [-0.4, -0.2) is 51.7 Å². The number of halogens is 2. The van der Waals surface area contributed by atoms with Gasteiger partial charge in [0.2, 0.25) is 10.0 Å². The fourth-order valence-electron chi connectivity index (χ4n) is 1.92. The molecule has 2 N–H and O–H groups in total. The molecule has 1 aromatic carbocycles. The number of hydrogen-bond acceptors (Lipinski definition) is 3. The zero-order valence-corrected chi connectivity index (χ0v) is 18.2. The van der Waals surface area contributed by atoms with E-state index in [4.69, 9.17) is 11.6 Å². The van der Waals surface area contributed by atoms with Crippen LogP contribution in [0.5, 0.6) is 0 Å². The smallest absolute Gasteiger partial charge is 0.211 e. The monoisotopic (exact) mass is 488 g/mol. The Morgan fingerprint density at radius 3 is 2.62 bits per heavy atom. The van der Waals surface area contributed by atoms with Crippen LogP contribution < -0.4 is 10.0 Å². The zero-order chi connectivity index (χ0) is 17.3. The Bertz CT molecular complexity index is 626. The number of nitrogens with one attached hydrogen (secondary N) is 2. The summed E-state index contributed by atoms with van der Waals surface area (Å²) >= 11 is 6.00. The minimum atomic E-state index is -3.17. The van der Waals surface area contributed by atoms with Gasteiger partial charge < -0.3 is 10.2 Å². The van der Waals surface area contributed by atoms with Gasteiger partial charge in [-0.3, -0.25) is 4.99 Å². The maximum Gasteiger partial charge on any atom is 0.211 e. The van der Waals surface area contributed by atoms with Crippen LogP contribution in [0.2, 0.25) is 5.02 Å². The first-order chi connectivity index (χ1) is 10.9. The van der Waals surface area contributed by atoms with Crippen molar-refractivity contribution in [2.24, 2.45) is 4.99 Å². The van der Waals surface area contributed by atoms with Crippen molar-refractivity contribution in [2.45, 2.75) is 20.4 Å². The lowest BCUT2D eigenvalue weighted by molar-refractivity contribution is 0.477. The van der Waals surface area contributed by atoms with Gasteiger partial charge in [0.05, 0.1) is 12.3 Å². The molecule has 0 saturated heterocycles. The van der Waals surface area contributed by atoms with E-state index in [0.717, 1.165) is 18.1 Å². The molecule has 24 heavy (non-hydrogen) atoms. The molecular weight excluding hydrogens is 463 g/mol. The van der Waals surface area contributed by atoms with Gasteiger partial charge in [-0.1, -0.05) is 23.7 Å². The van der Waals surface area contributed by atoms with Gasteiger partial charge in [-0.15, -0.1) is 24.0 Å². The predicted octanol–water partition coefficient (Wildman–Crippen LogP) is 2.29. The third-order valence-electron chi connectivity index (χ3n) is 3.08. The highest BCUT2D eigenvalue weighted by Crippen LogP contribution is 2.12. The van der Waals surface area contributed by atoms with E-state index in [2.05, 4.69) is 15.0 Å². The molecule has 0 unspecified atom stereocenters. The van der Waals surface area contributed by atoms with Gasteiger partial charge in [0, 0.05) is 31.7 Å². The lowest BCUT2D eigenvalue weighted by Gasteiger charge is -2.22. The molecule has 6 nitrogen and oxygen atoms in total. The topological polar surface area (TPSA) is 73.8 Å². The minimum absolute atomic E-state index is 0. The van der Waals surface area contributed by atoms with Gasteiger partial charge in [0.15, 0.2) is 5.96 Å². The van der Waals surface area contributed by atoms with Gasteiger partial charge >= 0.3 is 0 Å². The summed E-state index contributed by atoms with van der Waals surface area (Å²) < 4.78 is 25.3. The first-order valence-electron chi connectivity index (χ1n) is 7.59. The van der Waals surface area contributed by atoms with Gasteiger partial charge in [-0.05, 0) is 31.5 Å². The number of guanidine groups is 1. The molecule has 0 spiro atoms. The predicted molar refractivity (Wildman–Crippen MR) is 112 cm³/mol. The van der Waals surface area contributed by atoms with Crippen molar-refractivity contribution in [3.8, 4) is 0 Å². The molecule has 0 saturated carbocycles. The molecule has 0 aliphatic heterocycles. The Morgan fingerprint density at radius 2 is 2.04 bits per heavy atom. The van der Waals surface area contributed by atoms with Crippen molar-refractivity contribution in [3.05, 3.63) is 34.9 Å². The molecule has 0 aromatic heterocycles. The highest BCUT2D eigenvalue weighted by molar-refractivity contribution is 14.0. The number of hydrogen-bond donors (Lipinski definition) is 2. The number of sulfonamides is 1. The summed E-state index contributed by atoms with van der Waals surface area (Å²) in [5, 5.41) is 3.90. The summed E-state index contributed by atoms with van der Waals surface area (Å²) in [6, 6.07) is 7.66. The van der Waals surface area contributed by atoms with Crippen molar-refractivity contribution in [2.75, 3.05) is 32.4 Å². The average molecular weight is 489 g/mol.